The first-order valence-corrected chi connectivity index (χ1v) is 6.94. The Morgan fingerprint density at radius 1 is 1.24 bits per heavy atom. The molecule has 0 aliphatic heterocycles. The molecule has 2 aromatic heterocycles. The number of hydrogen-bond acceptors (Lipinski definition) is 2. The lowest BCUT2D eigenvalue weighted by molar-refractivity contribution is 0.807. The molecule has 0 saturated carbocycles. The molecule has 0 aliphatic rings. The van der Waals surface area contributed by atoms with E-state index < -0.39 is 0 Å². The molecule has 3 nitrogen and oxygen atoms in total. The van der Waals surface area contributed by atoms with Gasteiger partial charge in [-0.3, -0.25) is 9.36 Å². The maximum absolute atomic E-state index is 12.7. The van der Waals surface area contributed by atoms with E-state index in [1.54, 1.807) is 29.0 Å². The second-order valence-corrected chi connectivity index (χ2v) is 5.12. The number of rotatable bonds is 3. The van der Waals surface area contributed by atoms with Gasteiger partial charge in [0.05, 0.1) is 0 Å². The number of hydrogen-bond donors (Lipinski definition) is 0. The van der Waals surface area contributed by atoms with Crippen molar-refractivity contribution in [2.24, 2.45) is 0 Å². The average Bonchev–Trinajstić information content (AvgIpc) is 2.51. The van der Waals surface area contributed by atoms with Gasteiger partial charge in [-0.25, -0.2) is 4.98 Å². The Bertz CT molecular complexity index is 866. The maximum atomic E-state index is 12.7. The highest BCUT2D eigenvalue weighted by Gasteiger charge is 2.10. The van der Waals surface area contributed by atoms with Crippen LogP contribution in [0.4, 0.5) is 0 Å². The Morgan fingerprint density at radius 3 is 2.71 bits per heavy atom. The highest BCUT2D eigenvalue weighted by molar-refractivity contribution is 6.30. The van der Waals surface area contributed by atoms with Gasteiger partial charge in [-0.1, -0.05) is 29.8 Å². The zero-order valence-electron chi connectivity index (χ0n) is 11.3. The first-order chi connectivity index (χ1) is 10.2. The van der Waals surface area contributed by atoms with E-state index >= 15 is 0 Å². The molecule has 0 spiro atoms. The molecule has 21 heavy (non-hydrogen) atoms. The van der Waals surface area contributed by atoms with Gasteiger partial charge in [0, 0.05) is 28.7 Å². The highest BCUT2D eigenvalue weighted by atomic mass is 35.5. The summed E-state index contributed by atoms with van der Waals surface area (Å²) in [7, 11) is 0. The second-order valence-electron chi connectivity index (χ2n) is 4.69. The zero-order valence-corrected chi connectivity index (χ0v) is 12.0. The fourth-order valence-corrected chi connectivity index (χ4v) is 2.47. The largest absolute Gasteiger partial charge is 0.288 e. The molecule has 3 aromatic rings. The normalized spacial score (nSPS) is 10.7. The smallest absolute Gasteiger partial charge is 0.260 e. The van der Waals surface area contributed by atoms with Crippen LogP contribution >= 0.6 is 11.6 Å². The lowest BCUT2D eigenvalue weighted by atomic mass is 10.1. The van der Waals surface area contributed by atoms with Crippen LogP contribution in [0.5, 0.6) is 0 Å². The van der Waals surface area contributed by atoms with Crippen LogP contribution in [0.3, 0.4) is 0 Å². The SMILES string of the molecule is C=CCn1c(=O)c(-c2ccc(Cl)cc2)cc2cccnc21. The number of halogens is 1. The van der Waals surface area contributed by atoms with Crippen molar-refractivity contribution in [2.75, 3.05) is 0 Å². The fraction of sp³-hybridized carbons (Fsp3) is 0.0588. The predicted molar refractivity (Wildman–Crippen MR) is 86.6 cm³/mol. The molecule has 0 fully saturated rings. The average molecular weight is 297 g/mol. The molecule has 0 radical (unpaired) electrons. The van der Waals surface area contributed by atoms with Gasteiger partial charge in [-0.05, 0) is 35.9 Å². The van der Waals surface area contributed by atoms with E-state index in [0.29, 0.717) is 22.8 Å². The van der Waals surface area contributed by atoms with Crippen LogP contribution in [0.25, 0.3) is 22.2 Å². The van der Waals surface area contributed by atoms with Gasteiger partial charge in [0.2, 0.25) is 0 Å². The van der Waals surface area contributed by atoms with E-state index in [1.165, 1.54) is 0 Å². The first-order valence-electron chi connectivity index (χ1n) is 6.56. The van der Waals surface area contributed by atoms with Crippen molar-refractivity contribution in [3.8, 4) is 11.1 Å². The third-order valence-corrected chi connectivity index (χ3v) is 3.57. The van der Waals surface area contributed by atoms with Crippen LogP contribution in [0, 0.1) is 0 Å². The van der Waals surface area contributed by atoms with Crippen molar-refractivity contribution in [2.45, 2.75) is 6.54 Å². The number of fused-ring (bicyclic) bond motifs is 1. The van der Waals surface area contributed by atoms with E-state index in [-0.39, 0.29) is 5.56 Å². The summed E-state index contributed by atoms with van der Waals surface area (Å²) in [5, 5.41) is 1.57. The van der Waals surface area contributed by atoms with Crippen molar-refractivity contribution in [3.63, 3.8) is 0 Å². The lowest BCUT2D eigenvalue weighted by Crippen LogP contribution is -2.22. The van der Waals surface area contributed by atoms with E-state index in [4.69, 9.17) is 11.6 Å². The van der Waals surface area contributed by atoms with E-state index in [1.807, 2.05) is 30.3 Å². The Hall–Kier alpha value is -2.39. The van der Waals surface area contributed by atoms with Gasteiger partial charge in [-0.2, -0.15) is 0 Å². The summed E-state index contributed by atoms with van der Waals surface area (Å²) in [6.45, 7) is 4.14. The molecule has 0 amide bonds. The van der Waals surface area contributed by atoms with E-state index in [2.05, 4.69) is 11.6 Å². The van der Waals surface area contributed by atoms with Crippen molar-refractivity contribution < 1.29 is 0 Å². The van der Waals surface area contributed by atoms with Crippen molar-refractivity contribution in [1.29, 1.82) is 0 Å². The van der Waals surface area contributed by atoms with E-state index in [9.17, 15) is 4.79 Å². The molecule has 1 aromatic carbocycles. The summed E-state index contributed by atoms with van der Waals surface area (Å²) >= 11 is 5.91. The number of allylic oxidation sites excluding steroid dienone is 1. The van der Waals surface area contributed by atoms with Gasteiger partial charge in [0.1, 0.15) is 5.65 Å². The van der Waals surface area contributed by atoms with Gasteiger partial charge < -0.3 is 0 Å². The van der Waals surface area contributed by atoms with Crippen LogP contribution in [0.2, 0.25) is 5.02 Å². The number of nitrogens with zero attached hydrogens (tertiary/aromatic N) is 2. The molecule has 4 heteroatoms. The van der Waals surface area contributed by atoms with E-state index in [0.717, 1.165) is 10.9 Å². The third kappa shape index (κ3) is 2.48. The van der Waals surface area contributed by atoms with Crippen molar-refractivity contribution in [3.05, 3.63) is 76.7 Å². The Morgan fingerprint density at radius 2 is 2.00 bits per heavy atom. The summed E-state index contributed by atoms with van der Waals surface area (Å²) < 4.78 is 1.63. The summed E-state index contributed by atoms with van der Waals surface area (Å²) in [5.41, 5.74) is 2.06. The summed E-state index contributed by atoms with van der Waals surface area (Å²) in [6, 6.07) is 12.9. The standard InChI is InChI=1S/C17H13ClN2O/c1-2-10-20-16-13(4-3-9-19-16)11-15(17(20)21)12-5-7-14(18)8-6-12/h2-9,11H,1,10H2. The molecule has 0 N–H and O–H groups in total. The lowest BCUT2D eigenvalue weighted by Gasteiger charge is -2.10. The number of aromatic nitrogens is 2. The zero-order chi connectivity index (χ0) is 14.8. The molecule has 0 unspecified atom stereocenters. The summed E-state index contributed by atoms with van der Waals surface area (Å²) in [5.74, 6) is 0. The number of pyridine rings is 2. The van der Waals surface area contributed by atoms with Crippen LogP contribution in [-0.4, -0.2) is 9.55 Å². The van der Waals surface area contributed by atoms with Crippen LogP contribution in [0.1, 0.15) is 0 Å². The van der Waals surface area contributed by atoms with Gasteiger partial charge >= 0.3 is 0 Å². The molecule has 2 heterocycles. The third-order valence-electron chi connectivity index (χ3n) is 3.31. The monoisotopic (exact) mass is 296 g/mol. The molecular weight excluding hydrogens is 284 g/mol. The minimum atomic E-state index is -0.0802. The molecule has 0 bridgehead atoms. The predicted octanol–water partition coefficient (Wildman–Crippen LogP) is 3.90. The summed E-state index contributed by atoms with van der Waals surface area (Å²) in [6.07, 6.45) is 3.38. The summed E-state index contributed by atoms with van der Waals surface area (Å²) in [4.78, 5) is 17.0. The molecule has 0 aliphatic carbocycles. The van der Waals surface area contributed by atoms with Crippen molar-refractivity contribution in [1.82, 2.24) is 9.55 Å². The second kappa shape index (κ2) is 5.54. The number of benzene rings is 1. The molecule has 3 rings (SSSR count). The molecule has 104 valence electrons. The fourth-order valence-electron chi connectivity index (χ4n) is 2.34. The van der Waals surface area contributed by atoms with Gasteiger partial charge in [0.25, 0.3) is 5.56 Å². The Balaban J connectivity index is 2.33. The Labute approximate surface area is 127 Å². The topological polar surface area (TPSA) is 34.9 Å². The first kappa shape index (κ1) is 13.6. The molecule has 0 atom stereocenters. The highest BCUT2D eigenvalue weighted by Crippen LogP contribution is 2.21. The van der Waals surface area contributed by atoms with Gasteiger partial charge in [0.15, 0.2) is 0 Å². The van der Waals surface area contributed by atoms with Crippen LogP contribution in [0.15, 0.2) is 66.1 Å². The Kier molecular flexibility index (Phi) is 3.59. The molecular formula is C17H13ClN2O. The van der Waals surface area contributed by atoms with Gasteiger partial charge in [-0.15, -0.1) is 6.58 Å². The van der Waals surface area contributed by atoms with Crippen LogP contribution in [-0.2, 0) is 6.54 Å². The quantitative estimate of drug-likeness (QED) is 0.687. The van der Waals surface area contributed by atoms with Crippen molar-refractivity contribution >= 4 is 22.6 Å². The maximum Gasteiger partial charge on any atom is 0.260 e. The minimum Gasteiger partial charge on any atom is -0.288 e. The molecule has 0 saturated heterocycles. The van der Waals surface area contributed by atoms with Crippen LogP contribution < -0.4 is 5.56 Å². The minimum absolute atomic E-state index is 0.0802.